The van der Waals surface area contributed by atoms with Crippen LogP contribution in [0.4, 0.5) is 0 Å². The summed E-state index contributed by atoms with van der Waals surface area (Å²) in [6, 6.07) is 1.97. The van der Waals surface area contributed by atoms with Crippen molar-refractivity contribution in [3.05, 3.63) is 21.4 Å². The number of hydrogen-bond acceptors (Lipinski definition) is 3. The lowest BCUT2D eigenvalue weighted by Crippen LogP contribution is -2.49. The third kappa shape index (κ3) is 2.87. The number of halogens is 1. The summed E-state index contributed by atoms with van der Waals surface area (Å²) < 4.78 is 5.66. The molecule has 1 fully saturated rings. The van der Waals surface area contributed by atoms with E-state index in [1.54, 1.807) is 11.3 Å². The van der Waals surface area contributed by atoms with Crippen LogP contribution in [0.15, 0.2) is 6.07 Å². The molecule has 1 amide bonds. The molecule has 3 nitrogen and oxygen atoms in total. The third-order valence-corrected chi connectivity index (χ3v) is 4.65. The van der Waals surface area contributed by atoms with Crippen LogP contribution in [0.1, 0.15) is 27.0 Å². The molecule has 2 unspecified atom stereocenters. The molecule has 5 heteroatoms. The number of thiophene rings is 1. The van der Waals surface area contributed by atoms with Gasteiger partial charge in [-0.05, 0) is 32.4 Å². The van der Waals surface area contributed by atoms with E-state index in [-0.39, 0.29) is 18.1 Å². The SMILES string of the molecule is Cc1cc(C(=O)N2CC(C)OC(CCl)C2)sc1C. The van der Waals surface area contributed by atoms with E-state index >= 15 is 0 Å². The van der Waals surface area contributed by atoms with Crippen LogP contribution in [-0.2, 0) is 4.74 Å². The van der Waals surface area contributed by atoms with Crippen LogP contribution >= 0.6 is 22.9 Å². The molecule has 0 spiro atoms. The summed E-state index contributed by atoms with van der Waals surface area (Å²) in [7, 11) is 0. The molecule has 2 rings (SSSR count). The average Bonchev–Trinajstić information content (AvgIpc) is 2.68. The molecule has 2 atom stereocenters. The predicted octanol–water partition coefficient (Wildman–Crippen LogP) is 2.83. The lowest BCUT2D eigenvalue weighted by atomic mass is 10.2. The van der Waals surface area contributed by atoms with E-state index in [0.717, 1.165) is 4.88 Å². The van der Waals surface area contributed by atoms with Crippen molar-refractivity contribution in [3.63, 3.8) is 0 Å². The highest BCUT2D eigenvalue weighted by Gasteiger charge is 2.29. The minimum absolute atomic E-state index is 0.0496. The van der Waals surface area contributed by atoms with Gasteiger partial charge in [0.25, 0.3) is 5.91 Å². The number of carbonyl (C=O) groups is 1. The van der Waals surface area contributed by atoms with E-state index in [2.05, 4.69) is 0 Å². The maximum Gasteiger partial charge on any atom is 0.264 e. The fraction of sp³-hybridized carbons (Fsp3) is 0.615. The molecule has 0 aliphatic carbocycles. The summed E-state index contributed by atoms with van der Waals surface area (Å²) in [5.41, 5.74) is 1.18. The molecule has 0 aromatic carbocycles. The first-order chi connectivity index (χ1) is 8.51. The minimum atomic E-state index is -0.0541. The van der Waals surface area contributed by atoms with Crippen molar-refractivity contribution in [2.75, 3.05) is 19.0 Å². The van der Waals surface area contributed by atoms with Gasteiger partial charge in [-0.1, -0.05) is 0 Å². The number of aryl methyl sites for hydroxylation is 2. The largest absolute Gasteiger partial charge is 0.370 e. The third-order valence-electron chi connectivity index (χ3n) is 3.16. The Balaban J connectivity index is 2.13. The number of alkyl halides is 1. The van der Waals surface area contributed by atoms with E-state index in [4.69, 9.17) is 16.3 Å². The molecule has 18 heavy (non-hydrogen) atoms. The van der Waals surface area contributed by atoms with Crippen LogP contribution in [0, 0.1) is 13.8 Å². The lowest BCUT2D eigenvalue weighted by molar-refractivity contribution is -0.0569. The molecule has 0 N–H and O–H groups in total. The number of hydrogen-bond donors (Lipinski definition) is 0. The molecule has 1 aliphatic rings. The van der Waals surface area contributed by atoms with Crippen molar-refractivity contribution in [1.82, 2.24) is 4.90 Å². The summed E-state index contributed by atoms with van der Waals surface area (Å²) in [4.78, 5) is 16.3. The summed E-state index contributed by atoms with van der Waals surface area (Å²) in [6.45, 7) is 7.28. The van der Waals surface area contributed by atoms with E-state index < -0.39 is 0 Å². The van der Waals surface area contributed by atoms with E-state index in [1.165, 1.54) is 10.4 Å². The van der Waals surface area contributed by atoms with Gasteiger partial charge in [0.2, 0.25) is 0 Å². The first kappa shape index (κ1) is 13.8. The molecule has 1 aromatic rings. The molecule has 2 heterocycles. The summed E-state index contributed by atoms with van der Waals surface area (Å²) >= 11 is 7.39. The zero-order valence-electron chi connectivity index (χ0n) is 10.9. The van der Waals surface area contributed by atoms with E-state index in [1.807, 2.05) is 31.7 Å². The van der Waals surface area contributed by atoms with Gasteiger partial charge in [0.15, 0.2) is 0 Å². The van der Waals surface area contributed by atoms with Gasteiger partial charge in [0.1, 0.15) is 0 Å². The molecule has 1 saturated heterocycles. The molecule has 1 aromatic heterocycles. The molecule has 0 radical (unpaired) electrons. The van der Waals surface area contributed by atoms with Crippen LogP contribution in [-0.4, -0.2) is 42.0 Å². The van der Waals surface area contributed by atoms with Crippen molar-refractivity contribution in [1.29, 1.82) is 0 Å². The second-order valence-electron chi connectivity index (χ2n) is 4.78. The Morgan fingerprint density at radius 3 is 2.83 bits per heavy atom. The van der Waals surface area contributed by atoms with E-state index in [9.17, 15) is 4.79 Å². The first-order valence-electron chi connectivity index (χ1n) is 6.09. The highest BCUT2D eigenvalue weighted by Crippen LogP contribution is 2.23. The fourth-order valence-corrected chi connectivity index (χ4v) is 3.30. The standard InChI is InChI=1S/C13H18ClNO2S/c1-8-4-12(18-10(8)3)13(16)15-6-9(2)17-11(5-14)7-15/h4,9,11H,5-7H2,1-3H3. The van der Waals surface area contributed by atoms with Crippen LogP contribution in [0.5, 0.6) is 0 Å². The lowest BCUT2D eigenvalue weighted by Gasteiger charge is -2.35. The van der Waals surface area contributed by atoms with Crippen LogP contribution in [0.2, 0.25) is 0 Å². The monoisotopic (exact) mass is 287 g/mol. The first-order valence-corrected chi connectivity index (χ1v) is 7.44. The Hall–Kier alpha value is -0.580. The second kappa shape index (κ2) is 5.59. The number of rotatable bonds is 2. The Bertz CT molecular complexity index is 427. The van der Waals surface area contributed by atoms with Crippen molar-refractivity contribution in [2.45, 2.75) is 33.0 Å². The quantitative estimate of drug-likeness (QED) is 0.783. The number of ether oxygens (including phenoxy) is 1. The number of carbonyl (C=O) groups excluding carboxylic acids is 1. The van der Waals surface area contributed by atoms with Gasteiger partial charge < -0.3 is 9.64 Å². The molecule has 1 aliphatic heterocycles. The smallest absolute Gasteiger partial charge is 0.264 e. The Kier molecular flexibility index (Phi) is 4.30. The van der Waals surface area contributed by atoms with Crippen molar-refractivity contribution in [3.8, 4) is 0 Å². The number of nitrogens with zero attached hydrogens (tertiary/aromatic N) is 1. The van der Waals surface area contributed by atoms with Gasteiger partial charge in [0, 0.05) is 18.0 Å². The summed E-state index contributed by atoms with van der Waals surface area (Å²) in [5.74, 6) is 0.526. The minimum Gasteiger partial charge on any atom is -0.370 e. The zero-order chi connectivity index (χ0) is 13.3. The Morgan fingerprint density at radius 2 is 2.28 bits per heavy atom. The van der Waals surface area contributed by atoms with E-state index in [0.29, 0.717) is 19.0 Å². The van der Waals surface area contributed by atoms with Crippen molar-refractivity contribution in [2.24, 2.45) is 0 Å². The average molecular weight is 288 g/mol. The van der Waals surface area contributed by atoms with Crippen molar-refractivity contribution < 1.29 is 9.53 Å². The van der Waals surface area contributed by atoms with Crippen LogP contribution in [0.25, 0.3) is 0 Å². The van der Waals surface area contributed by atoms with Crippen LogP contribution < -0.4 is 0 Å². The molecule has 0 saturated carbocycles. The molecular weight excluding hydrogens is 270 g/mol. The highest BCUT2D eigenvalue weighted by atomic mass is 35.5. The van der Waals surface area contributed by atoms with Gasteiger partial charge in [-0.25, -0.2) is 0 Å². The Labute approximate surface area is 117 Å². The van der Waals surface area contributed by atoms with Gasteiger partial charge in [-0.15, -0.1) is 22.9 Å². The van der Waals surface area contributed by atoms with Gasteiger partial charge in [-0.3, -0.25) is 4.79 Å². The van der Waals surface area contributed by atoms with Gasteiger partial charge in [-0.2, -0.15) is 0 Å². The Morgan fingerprint density at radius 1 is 1.56 bits per heavy atom. The topological polar surface area (TPSA) is 29.5 Å². The molecule has 0 bridgehead atoms. The maximum absolute atomic E-state index is 12.4. The number of morpholine rings is 1. The normalized spacial score (nSPS) is 24.3. The second-order valence-corrected chi connectivity index (χ2v) is 6.35. The zero-order valence-corrected chi connectivity index (χ0v) is 12.5. The fourth-order valence-electron chi connectivity index (χ4n) is 2.13. The molecular formula is C13H18ClNO2S. The van der Waals surface area contributed by atoms with Crippen LogP contribution in [0.3, 0.4) is 0 Å². The number of amides is 1. The van der Waals surface area contributed by atoms with Gasteiger partial charge >= 0.3 is 0 Å². The maximum atomic E-state index is 12.4. The summed E-state index contributed by atoms with van der Waals surface area (Å²) in [6.07, 6.45) is -0.00451. The van der Waals surface area contributed by atoms with Crippen molar-refractivity contribution >= 4 is 28.8 Å². The molecule has 100 valence electrons. The predicted molar refractivity (Wildman–Crippen MR) is 74.8 cm³/mol. The van der Waals surface area contributed by atoms with Gasteiger partial charge in [0.05, 0.1) is 23.0 Å². The highest BCUT2D eigenvalue weighted by molar-refractivity contribution is 7.14. The summed E-state index contributed by atoms with van der Waals surface area (Å²) in [5, 5.41) is 0.